The lowest BCUT2D eigenvalue weighted by molar-refractivity contribution is 0.255. The Bertz CT molecular complexity index is 341. The van der Waals surface area contributed by atoms with Crippen molar-refractivity contribution in [3.8, 4) is 11.5 Å². The molecule has 13 heavy (non-hydrogen) atoms. The molecule has 3 nitrogen and oxygen atoms in total. The van der Waals surface area contributed by atoms with Crippen LogP contribution in [0.25, 0.3) is 0 Å². The Morgan fingerprint density at radius 2 is 2.31 bits per heavy atom. The van der Waals surface area contributed by atoms with Gasteiger partial charge in [-0.25, -0.2) is 0 Å². The van der Waals surface area contributed by atoms with Crippen molar-refractivity contribution in [3.63, 3.8) is 0 Å². The predicted octanol–water partition coefficient (Wildman–Crippen LogP) is 1.83. The molecule has 1 aromatic carbocycles. The van der Waals surface area contributed by atoms with E-state index in [9.17, 15) is 5.11 Å². The topological polar surface area (TPSA) is 55.5 Å². The molecule has 0 radical (unpaired) electrons. The van der Waals surface area contributed by atoms with Crippen LogP contribution in [-0.2, 0) is 0 Å². The average molecular weight is 200 g/mol. The van der Waals surface area contributed by atoms with Crippen LogP contribution in [0.15, 0.2) is 12.1 Å². The predicted molar refractivity (Wildman–Crippen MR) is 50.2 cm³/mol. The monoisotopic (exact) mass is 199 g/mol. The van der Waals surface area contributed by atoms with E-state index in [1.165, 1.54) is 6.07 Å². The van der Waals surface area contributed by atoms with Crippen LogP contribution in [-0.4, -0.2) is 11.7 Å². The van der Waals surface area contributed by atoms with Gasteiger partial charge in [0.25, 0.3) is 0 Å². The number of fused-ring (bicyclic) bond motifs is 1. The van der Waals surface area contributed by atoms with Crippen LogP contribution in [0.1, 0.15) is 18.0 Å². The molecule has 70 valence electrons. The lowest BCUT2D eigenvalue weighted by Crippen LogP contribution is -2.20. The summed E-state index contributed by atoms with van der Waals surface area (Å²) in [6, 6.07) is 3.01. The number of phenols is 1. The van der Waals surface area contributed by atoms with E-state index in [-0.39, 0.29) is 11.8 Å². The molecule has 0 aromatic heterocycles. The molecule has 0 bridgehead atoms. The van der Waals surface area contributed by atoms with E-state index in [4.69, 9.17) is 22.1 Å². The molecule has 0 fully saturated rings. The molecule has 1 aliphatic heterocycles. The first-order valence-electron chi connectivity index (χ1n) is 4.10. The summed E-state index contributed by atoms with van der Waals surface area (Å²) >= 11 is 5.94. The maximum atomic E-state index is 9.46. The van der Waals surface area contributed by atoms with E-state index in [2.05, 4.69) is 0 Å². The summed E-state index contributed by atoms with van der Waals surface area (Å²) in [5.41, 5.74) is 6.56. The molecular formula is C9H10ClNO2. The second-order valence-corrected chi connectivity index (χ2v) is 3.46. The Morgan fingerprint density at radius 1 is 1.54 bits per heavy atom. The first-order valence-corrected chi connectivity index (χ1v) is 4.47. The van der Waals surface area contributed by atoms with Crippen molar-refractivity contribution in [2.75, 3.05) is 6.61 Å². The summed E-state index contributed by atoms with van der Waals surface area (Å²) in [6.07, 6.45) is 0.732. The summed E-state index contributed by atoms with van der Waals surface area (Å²) in [5.74, 6) is 0.542. The van der Waals surface area contributed by atoms with Crippen molar-refractivity contribution < 1.29 is 9.84 Å². The Hall–Kier alpha value is -0.930. The van der Waals surface area contributed by atoms with E-state index in [1.54, 1.807) is 6.07 Å². The van der Waals surface area contributed by atoms with Crippen LogP contribution < -0.4 is 10.5 Å². The third kappa shape index (κ3) is 1.34. The van der Waals surface area contributed by atoms with Crippen LogP contribution in [0.4, 0.5) is 0 Å². The first-order chi connectivity index (χ1) is 6.20. The van der Waals surface area contributed by atoms with Gasteiger partial charge in [0.1, 0.15) is 0 Å². The van der Waals surface area contributed by atoms with Gasteiger partial charge in [-0.05, 0) is 12.1 Å². The quantitative estimate of drug-likeness (QED) is 0.670. The summed E-state index contributed by atoms with van der Waals surface area (Å²) in [7, 11) is 0. The van der Waals surface area contributed by atoms with Gasteiger partial charge in [0.05, 0.1) is 6.61 Å². The van der Waals surface area contributed by atoms with Crippen LogP contribution in [0, 0.1) is 0 Å². The maximum absolute atomic E-state index is 9.46. The summed E-state index contributed by atoms with van der Waals surface area (Å²) < 4.78 is 5.29. The van der Waals surface area contributed by atoms with Crippen LogP contribution in [0.3, 0.4) is 0 Å². The standard InChI is InChI=1S/C9H10ClNO2/c10-5-1-2-7(12)9-8(5)6(11)3-4-13-9/h1-2,6,12H,3-4,11H2. The van der Waals surface area contributed by atoms with Gasteiger partial charge in [-0.15, -0.1) is 0 Å². The second kappa shape index (κ2) is 3.09. The molecule has 1 unspecified atom stereocenters. The van der Waals surface area contributed by atoms with Crippen molar-refractivity contribution >= 4 is 11.6 Å². The van der Waals surface area contributed by atoms with Gasteiger partial charge in [-0.2, -0.15) is 0 Å². The zero-order valence-corrected chi connectivity index (χ0v) is 7.71. The fourth-order valence-electron chi connectivity index (χ4n) is 1.49. The van der Waals surface area contributed by atoms with Crippen molar-refractivity contribution in [2.24, 2.45) is 5.73 Å². The van der Waals surface area contributed by atoms with Gasteiger partial charge in [-0.1, -0.05) is 11.6 Å². The molecule has 1 atom stereocenters. The third-order valence-electron chi connectivity index (χ3n) is 2.17. The third-order valence-corrected chi connectivity index (χ3v) is 2.50. The van der Waals surface area contributed by atoms with E-state index >= 15 is 0 Å². The Morgan fingerprint density at radius 3 is 3.00 bits per heavy atom. The summed E-state index contributed by atoms with van der Waals surface area (Å²) in [4.78, 5) is 0. The first kappa shape index (κ1) is 8.66. The van der Waals surface area contributed by atoms with E-state index in [1.807, 2.05) is 0 Å². The molecule has 3 N–H and O–H groups in total. The molecule has 1 aliphatic rings. The number of nitrogens with two attached hydrogens (primary N) is 1. The average Bonchev–Trinajstić information content (AvgIpc) is 2.12. The maximum Gasteiger partial charge on any atom is 0.167 e. The van der Waals surface area contributed by atoms with Gasteiger partial charge in [-0.3, -0.25) is 0 Å². The number of aromatic hydroxyl groups is 1. The smallest absolute Gasteiger partial charge is 0.167 e. The molecule has 0 saturated carbocycles. The van der Waals surface area contributed by atoms with Crippen molar-refractivity contribution in [2.45, 2.75) is 12.5 Å². The van der Waals surface area contributed by atoms with Crippen molar-refractivity contribution in [1.29, 1.82) is 0 Å². The fraction of sp³-hybridized carbons (Fsp3) is 0.333. The number of hydrogen-bond acceptors (Lipinski definition) is 3. The van der Waals surface area contributed by atoms with Crippen LogP contribution in [0.5, 0.6) is 11.5 Å². The molecule has 4 heteroatoms. The molecule has 2 rings (SSSR count). The Labute approximate surface area is 81.1 Å². The highest BCUT2D eigenvalue weighted by atomic mass is 35.5. The molecule has 0 aliphatic carbocycles. The number of rotatable bonds is 0. The Balaban J connectivity index is 2.60. The summed E-state index contributed by atoms with van der Waals surface area (Å²) in [6.45, 7) is 0.530. The second-order valence-electron chi connectivity index (χ2n) is 3.05. The lowest BCUT2D eigenvalue weighted by Gasteiger charge is -2.24. The highest BCUT2D eigenvalue weighted by Gasteiger charge is 2.23. The van der Waals surface area contributed by atoms with Gasteiger partial charge < -0.3 is 15.6 Å². The highest BCUT2D eigenvalue weighted by Crippen LogP contribution is 2.41. The van der Waals surface area contributed by atoms with E-state index in [0.29, 0.717) is 22.9 Å². The number of benzene rings is 1. The largest absolute Gasteiger partial charge is 0.504 e. The molecule has 1 heterocycles. The SMILES string of the molecule is NC1CCOc2c(O)ccc(Cl)c21. The zero-order chi connectivity index (χ0) is 9.42. The molecule has 0 amide bonds. The number of hydrogen-bond donors (Lipinski definition) is 2. The molecule has 0 saturated heterocycles. The van der Waals surface area contributed by atoms with Gasteiger partial charge in [0, 0.05) is 23.0 Å². The van der Waals surface area contributed by atoms with Crippen LogP contribution >= 0.6 is 11.6 Å². The molecular weight excluding hydrogens is 190 g/mol. The summed E-state index contributed by atoms with van der Waals surface area (Å²) in [5, 5.41) is 10.0. The molecule has 1 aromatic rings. The van der Waals surface area contributed by atoms with E-state index in [0.717, 1.165) is 6.42 Å². The van der Waals surface area contributed by atoms with Crippen LogP contribution in [0.2, 0.25) is 5.02 Å². The number of halogens is 1. The minimum absolute atomic E-state index is 0.106. The Kier molecular flexibility index (Phi) is 2.06. The van der Waals surface area contributed by atoms with Gasteiger partial charge in [0.2, 0.25) is 0 Å². The normalized spacial score (nSPS) is 20.6. The number of phenolic OH excluding ortho intramolecular Hbond substituents is 1. The van der Waals surface area contributed by atoms with Gasteiger partial charge >= 0.3 is 0 Å². The molecule has 0 spiro atoms. The van der Waals surface area contributed by atoms with Gasteiger partial charge in [0.15, 0.2) is 11.5 Å². The zero-order valence-electron chi connectivity index (χ0n) is 6.96. The minimum atomic E-state index is -0.136. The van der Waals surface area contributed by atoms with Crippen molar-refractivity contribution in [1.82, 2.24) is 0 Å². The van der Waals surface area contributed by atoms with Crippen molar-refractivity contribution in [3.05, 3.63) is 22.7 Å². The minimum Gasteiger partial charge on any atom is -0.504 e. The highest BCUT2D eigenvalue weighted by molar-refractivity contribution is 6.31. The van der Waals surface area contributed by atoms with E-state index < -0.39 is 0 Å². The fourth-order valence-corrected chi connectivity index (χ4v) is 1.78. The lowest BCUT2D eigenvalue weighted by atomic mass is 10.0. The number of ether oxygens (including phenoxy) is 1.